The van der Waals surface area contributed by atoms with Gasteiger partial charge in [0, 0.05) is 0 Å². The van der Waals surface area contributed by atoms with E-state index in [1.54, 1.807) is 0 Å². The van der Waals surface area contributed by atoms with Gasteiger partial charge >= 0.3 is 16.4 Å². The molecule has 8 heteroatoms. The SMILES string of the molecule is COS(=O)(=O)OCC(O)(O)O. The molecule has 0 aliphatic carbocycles. The van der Waals surface area contributed by atoms with Crippen LogP contribution in [0.2, 0.25) is 0 Å². The lowest BCUT2D eigenvalue weighted by molar-refractivity contribution is -0.322. The number of aliphatic hydroxyl groups is 3. The standard InChI is InChI=1S/C3H8O7S/c1-9-11(7,8)10-2-3(4,5)6/h4-6H,2H2,1H3. The summed E-state index contributed by atoms with van der Waals surface area (Å²) >= 11 is 0. The lowest BCUT2D eigenvalue weighted by atomic mass is 10.6. The molecule has 0 aromatic heterocycles. The van der Waals surface area contributed by atoms with Crippen molar-refractivity contribution >= 4 is 10.4 Å². The minimum absolute atomic E-state index is 0.823. The molecule has 0 heterocycles. The first-order valence-electron chi connectivity index (χ1n) is 2.39. The van der Waals surface area contributed by atoms with Crippen LogP contribution in [0.15, 0.2) is 0 Å². The summed E-state index contributed by atoms with van der Waals surface area (Å²) in [5.41, 5.74) is 0. The van der Waals surface area contributed by atoms with Gasteiger partial charge in [-0.05, 0) is 0 Å². The van der Waals surface area contributed by atoms with Gasteiger partial charge in [0.1, 0.15) is 6.61 Å². The van der Waals surface area contributed by atoms with Crippen molar-refractivity contribution in [1.82, 2.24) is 0 Å². The first kappa shape index (κ1) is 10.8. The summed E-state index contributed by atoms with van der Waals surface area (Å²) in [4.78, 5) is 0. The summed E-state index contributed by atoms with van der Waals surface area (Å²) in [6, 6.07) is 0. The molecule has 0 atom stereocenters. The molecule has 0 saturated carbocycles. The highest BCUT2D eigenvalue weighted by molar-refractivity contribution is 7.81. The summed E-state index contributed by atoms with van der Waals surface area (Å²) in [6.45, 7) is -1.21. The second-order valence-corrected chi connectivity index (χ2v) is 3.00. The fraction of sp³-hybridized carbons (Fsp3) is 1.00. The molecule has 0 unspecified atom stereocenters. The smallest absolute Gasteiger partial charge is 0.342 e. The van der Waals surface area contributed by atoms with Gasteiger partial charge in [-0.25, -0.2) is 4.18 Å². The quantitative estimate of drug-likeness (QED) is 0.419. The average Bonchev–Trinajstić information content (AvgIpc) is 1.83. The Morgan fingerprint density at radius 3 is 2.09 bits per heavy atom. The van der Waals surface area contributed by atoms with Crippen LogP contribution < -0.4 is 0 Å². The van der Waals surface area contributed by atoms with Crippen molar-refractivity contribution in [3.8, 4) is 0 Å². The lowest BCUT2D eigenvalue weighted by Crippen LogP contribution is -2.34. The van der Waals surface area contributed by atoms with Crippen molar-refractivity contribution in [2.45, 2.75) is 5.97 Å². The largest absolute Gasteiger partial charge is 0.399 e. The zero-order chi connectivity index (χ0) is 9.12. The van der Waals surface area contributed by atoms with Crippen molar-refractivity contribution < 1.29 is 32.1 Å². The molecule has 0 rings (SSSR count). The molecular weight excluding hydrogens is 180 g/mol. The molecule has 0 bridgehead atoms. The first-order valence-corrected chi connectivity index (χ1v) is 3.72. The Labute approximate surface area is 63.1 Å². The van der Waals surface area contributed by atoms with E-state index >= 15 is 0 Å². The first-order chi connectivity index (χ1) is 4.77. The minimum atomic E-state index is -4.23. The minimum Gasteiger partial charge on any atom is -0.342 e. The molecule has 0 spiro atoms. The molecule has 0 amide bonds. The van der Waals surface area contributed by atoms with Crippen molar-refractivity contribution in [1.29, 1.82) is 0 Å². The zero-order valence-electron chi connectivity index (χ0n) is 5.59. The molecule has 68 valence electrons. The average molecular weight is 188 g/mol. The molecule has 0 fully saturated rings. The van der Waals surface area contributed by atoms with Crippen LogP contribution in [0.4, 0.5) is 0 Å². The maximum atomic E-state index is 10.3. The van der Waals surface area contributed by atoms with Crippen molar-refractivity contribution in [2.75, 3.05) is 13.7 Å². The number of hydrogen-bond donors (Lipinski definition) is 3. The Hall–Kier alpha value is -0.250. The molecule has 7 nitrogen and oxygen atoms in total. The van der Waals surface area contributed by atoms with Crippen LogP contribution in [0, 0.1) is 0 Å². The summed E-state index contributed by atoms with van der Waals surface area (Å²) in [5, 5.41) is 24.4. The second kappa shape index (κ2) is 3.43. The number of rotatable bonds is 4. The van der Waals surface area contributed by atoms with Gasteiger partial charge < -0.3 is 15.3 Å². The van der Waals surface area contributed by atoms with Gasteiger partial charge in [0.15, 0.2) is 0 Å². The van der Waals surface area contributed by atoms with Gasteiger partial charge in [0.25, 0.3) is 0 Å². The third kappa shape index (κ3) is 6.16. The lowest BCUT2D eigenvalue weighted by Gasteiger charge is -2.12. The Morgan fingerprint density at radius 1 is 1.36 bits per heavy atom. The normalized spacial score (nSPS) is 13.5. The molecule has 0 radical (unpaired) electrons. The van der Waals surface area contributed by atoms with Crippen LogP contribution in [0.25, 0.3) is 0 Å². The van der Waals surface area contributed by atoms with E-state index in [9.17, 15) is 8.42 Å². The molecule has 0 aromatic rings. The van der Waals surface area contributed by atoms with E-state index in [4.69, 9.17) is 15.3 Å². The van der Waals surface area contributed by atoms with Gasteiger partial charge in [-0.3, -0.25) is 4.18 Å². The predicted octanol–water partition coefficient (Wildman–Crippen LogP) is -2.48. The molecule has 3 N–H and O–H groups in total. The van der Waals surface area contributed by atoms with Crippen molar-refractivity contribution in [3.05, 3.63) is 0 Å². The summed E-state index contributed by atoms with van der Waals surface area (Å²) in [5.74, 6) is -3.18. The van der Waals surface area contributed by atoms with Gasteiger partial charge in [0.05, 0.1) is 7.11 Å². The van der Waals surface area contributed by atoms with E-state index in [-0.39, 0.29) is 0 Å². The maximum absolute atomic E-state index is 10.3. The van der Waals surface area contributed by atoms with Gasteiger partial charge in [-0.1, -0.05) is 0 Å². The molecular formula is C3H8O7S. The fourth-order valence-corrected chi connectivity index (χ4v) is 0.598. The van der Waals surface area contributed by atoms with E-state index < -0.39 is 23.0 Å². The van der Waals surface area contributed by atoms with Crippen LogP contribution in [-0.2, 0) is 18.8 Å². The van der Waals surface area contributed by atoms with Gasteiger partial charge in [0.2, 0.25) is 0 Å². The fourth-order valence-electron chi connectivity index (χ4n) is 0.199. The number of hydrogen-bond acceptors (Lipinski definition) is 7. The van der Waals surface area contributed by atoms with E-state index in [2.05, 4.69) is 8.37 Å². The third-order valence-electron chi connectivity index (χ3n) is 0.601. The molecule has 0 saturated heterocycles. The van der Waals surface area contributed by atoms with Crippen LogP contribution in [0.5, 0.6) is 0 Å². The van der Waals surface area contributed by atoms with E-state index in [0.29, 0.717) is 0 Å². The molecule has 0 aromatic carbocycles. The highest BCUT2D eigenvalue weighted by Gasteiger charge is 2.23. The van der Waals surface area contributed by atoms with Crippen LogP contribution >= 0.6 is 0 Å². The third-order valence-corrected chi connectivity index (χ3v) is 1.42. The zero-order valence-corrected chi connectivity index (χ0v) is 6.41. The highest BCUT2D eigenvalue weighted by Crippen LogP contribution is 1.99. The van der Waals surface area contributed by atoms with Gasteiger partial charge in [-0.2, -0.15) is 8.42 Å². The topological polar surface area (TPSA) is 113 Å². The van der Waals surface area contributed by atoms with Crippen molar-refractivity contribution in [3.63, 3.8) is 0 Å². The Morgan fingerprint density at radius 2 is 1.82 bits per heavy atom. The monoisotopic (exact) mass is 188 g/mol. The Bertz CT molecular complexity index is 198. The van der Waals surface area contributed by atoms with Crippen LogP contribution in [0.1, 0.15) is 0 Å². The van der Waals surface area contributed by atoms with Crippen molar-refractivity contribution in [2.24, 2.45) is 0 Å². The molecule has 11 heavy (non-hydrogen) atoms. The summed E-state index contributed by atoms with van der Waals surface area (Å²) in [6.07, 6.45) is 0. The molecule has 0 aliphatic heterocycles. The van der Waals surface area contributed by atoms with Gasteiger partial charge in [-0.15, -0.1) is 0 Å². The predicted molar refractivity (Wildman–Crippen MR) is 31.3 cm³/mol. The maximum Gasteiger partial charge on any atom is 0.399 e. The van der Waals surface area contributed by atoms with Crippen LogP contribution in [-0.4, -0.2) is 43.4 Å². The van der Waals surface area contributed by atoms with E-state index in [1.165, 1.54) is 0 Å². The highest BCUT2D eigenvalue weighted by atomic mass is 32.3. The summed E-state index contributed by atoms with van der Waals surface area (Å²) in [7, 11) is -3.41. The molecule has 0 aliphatic rings. The summed E-state index contributed by atoms with van der Waals surface area (Å²) < 4.78 is 28.0. The second-order valence-electron chi connectivity index (χ2n) is 1.61. The van der Waals surface area contributed by atoms with Crippen LogP contribution in [0.3, 0.4) is 0 Å². The van der Waals surface area contributed by atoms with E-state index in [0.717, 1.165) is 7.11 Å². The Kier molecular flexibility index (Phi) is 3.35. The van der Waals surface area contributed by atoms with E-state index in [1.807, 2.05) is 0 Å². The Balaban J connectivity index is 3.91.